The summed E-state index contributed by atoms with van der Waals surface area (Å²) in [5.41, 5.74) is 11.0. The van der Waals surface area contributed by atoms with Crippen molar-refractivity contribution in [3.63, 3.8) is 0 Å². The summed E-state index contributed by atoms with van der Waals surface area (Å²) < 4.78 is 5.43. The Hall–Kier alpha value is -3.88. The lowest BCUT2D eigenvalue weighted by atomic mass is 10.0. The smallest absolute Gasteiger partial charge is 0.250 e. The molecule has 0 radical (unpaired) electrons. The summed E-state index contributed by atoms with van der Waals surface area (Å²) >= 11 is 0. The molecule has 8 heteroatoms. The van der Waals surface area contributed by atoms with Gasteiger partial charge in [-0.1, -0.05) is 36.4 Å². The monoisotopic (exact) mass is 482 g/mol. The van der Waals surface area contributed by atoms with Gasteiger partial charge in [-0.2, -0.15) is 0 Å². The molecular formula is C28H30N6O2. The van der Waals surface area contributed by atoms with E-state index in [0.29, 0.717) is 16.9 Å². The molecule has 184 valence electrons. The Bertz CT molecular complexity index is 1350. The first-order valence-corrected chi connectivity index (χ1v) is 12.2. The fourth-order valence-electron chi connectivity index (χ4n) is 4.54. The molecule has 8 nitrogen and oxygen atoms in total. The normalized spacial score (nSPS) is 15.0. The number of hydrogen-bond acceptors (Lipinski definition) is 7. The van der Waals surface area contributed by atoms with Gasteiger partial charge in [-0.15, -0.1) is 0 Å². The summed E-state index contributed by atoms with van der Waals surface area (Å²) in [5.74, 6) is 0.160. The number of rotatable bonds is 8. The molecule has 1 atom stereocenters. The van der Waals surface area contributed by atoms with Crippen LogP contribution in [0.2, 0.25) is 0 Å². The molecule has 5 rings (SSSR count). The quantitative estimate of drug-likeness (QED) is 0.394. The highest BCUT2D eigenvalue weighted by Crippen LogP contribution is 2.26. The highest BCUT2D eigenvalue weighted by atomic mass is 16.5. The minimum absolute atomic E-state index is 0.0101. The number of nitrogens with zero attached hydrogens (tertiary/aromatic N) is 4. The van der Waals surface area contributed by atoms with Crippen LogP contribution in [0.3, 0.4) is 0 Å². The molecule has 1 fully saturated rings. The van der Waals surface area contributed by atoms with Crippen LogP contribution < -0.4 is 11.1 Å². The summed E-state index contributed by atoms with van der Waals surface area (Å²) in [6, 6.07) is 18.1. The minimum atomic E-state index is -0.506. The maximum absolute atomic E-state index is 11.8. The van der Waals surface area contributed by atoms with Gasteiger partial charge in [-0.3, -0.25) is 14.7 Å². The van der Waals surface area contributed by atoms with Crippen molar-refractivity contribution in [2.75, 3.05) is 31.6 Å². The van der Waals surface area contributed by atoms with E-state index in [1.165, 1.54) is 17.5 Å². The fourth-order valence-corrected chi connectivity index (χ4v) is 4.54. The lowest BCUT2D eigenvalue weighted by molar-refractivity contribution is 0.0341. The summed E-state index contributed by atoms with van der Waals surface area (Å²) in [6.07, 6.45) is 4.20. The van der Waals surface area contributed by atoms with E-state index in [0.717, 1.165) is 55.9 Å². The zero-order valence-electron chi connectivity index (χ0n) is 20.4. The third-order valence-corrected chi connectivity index (χ3v) is 6.52. The first-order valence-electron chi connectivity index (χ1n) is 12.2. The number of para-hydroxylation sites is 1. The number of ether oxygens (including phenoxy) is 1. The van der Waals surface area contributed by atoms with Gasteiger partial charge < -0.3 is 15.8 Å². The third kappa shape index (κ3) is 5.50. The Morgan fingerprint density at radius 3 is 2.67 bits per heavy atom. The van der Waals surface area contributed by atoms with Gasteiger partial charge in [0.05, 0.1) is 24.3 Å². The van der Waals surface area contributed by atoms with E-state index in [1.807, 2.05) is 12.3 Å². The number of hydrogen-bond donors (Lipinski definition) is 2. The Balaban J connectivity index is 1.27. The van der Waals surface area contributed by atoms with Gasteiger partial charge in [0, 0.05) is 49.4 Å². The van der Waals surface area contributed by atoms with Crippen LogP contribution in [-0.4, -0.2) is 52.1 Å². The zero-order chi connectivity index (χ0) is 24.9. The molecule has 2 aromatic carbocycles. The Kier molecular flexibility index (Phi) is 7.16. The van der Waals surface area contributed by atoms with Crippen molar-refractivity contribution < 1.29 is 9.53 Å². The van der Waals surface area contributed by atoms with E-state index in [-0.39, 0.29) is 6.04 Å². The highest BCUT2D eigenvalue weighted by Gasteiger charge is 2.14. The van der Waals surface area contributed by atoms with Crippen molar-refractivity contribution in [1.29, 1.82) is 0 Å². The standard InChI is InChI=1S/C28H30N6O2/c1-19(33-28-25-7-3-6-24(27(29)35)26(25)31-18-32-28)22-5-2-4-20(14-22)15-23-9-8-21(16-30-23)17-34-10-12-36-13-11-34/h2-9,14,16,18-19H,10-13,15,17H2,1H3,(H2,29,35)(H,31,32,33)/t19-/m1/s1. The zero-order valence-corrected chi connectivity index (χ0v) is 20.4. The van der Waals surface area contributed by atoms with Gasteiger partial charge >= 0.3 is 0 Å². The second-order valence-electron chi connectivity index (χ2n) is 9.12. The van der Waals surface area contributed by atoms with Crippen molar-refractivity contribution in [2.24, 2.45) is 5.73 Å². The number of nitrogens with one attached hydrogen (secondary N) is 1. The van der Waals surface area contributed by atoms with Crippen molar-refractivity contribution in [3.8, 4) is 0 Å². The predicted octanol–water partition coefficient (Wildman–Crippen LogP) is 3.72. The Morgan fingerprint density at radius 2 is 1.89 bits per heavy atom. The summed E-state index contributed by atoms with van der Waals surface area (Å²) in [5, 5.41) is 4.23. The van der Waals surface area contributed by atoms with Crippen LogP contribution in [0.1, 0.15) is 45.7 Å². The number of carbonyl (C=O) groups is 1. The molecular weight excluding hydrogens is 452 g/mol. The number of primary amides is 1. The molecule has 0 unspecified atom stereocenters. The Morgan fingerprint density at radius 1 is 1.06 bits per heavy atom. The molecule has 0 saturated carbocycles. The van der Waals surface area contributed by atoms with Gasteiger partial charge in [-0.05, 0) is 41.8 Å². The number of carbonyl (C=O) groups excluding carboxylic acids is 1. The van der Waals surface area contributed by atoms with E-state index in [1.54, 1.807) is 12.1 Å². The maximum atomic E-state index is 11.8. The molecule has 0 aliphatic carbocycles. The fraction of sp³-hybridized carbons (Fsp3) is 0.286. The van der Waals surface area contributed by atoms with Gasteiger partial charge in [0.25, 0.3) is 5.91 Å². The van der Waals surface area contributed by atoms with Gasteiger partial charge in [0.2, 0.25) is 0 Å². The van der Waals surface area contributed by atoms with Crippen LogP contribution in [0.5, 0.6) is 0 Å². The summed E-state index contributed by atoms with van der Waals surface area (Å²) in [6.45, 7) is 6.54. The molecule has 3 N–H and O–H groups in total. The molecule has 2 aromatic heterocycles. The Labute approximate surface area is 210 Å². The van der Waals surface area contributed by atoms with E-state index < -0.39 is 5.91 Å². The number of pyridine rings is 1. The molecule has 1 amide bonds. The van der Waals surface area contributed by atoms with Gasteiger partial charge in [0.1, 0.15) is 12.1 Å². The number of morpholine rings is 1. The minimum Gasteiger partial charge on any atom is -0.379 e. The number of amides is 1. The summed E-state index contributed by atoms with van der Waals surface area (Å²) in [7, 11) is 0. The first kappa shape index (κ1) is 23.8. The average molecular weight is 483 g/mol. The van der Waals surface area contributed by atoms with Gasteiger partial charge in [0.15, 0.2) is 0 Å². The lowest BCUT2D eigenvalue weighted by Crippen LogP contribution is -2.35. The van der Waals surface area contributed by atoms with Crippen LogP contribution in [0.4, 0.5) is 5.82 Å². The lowest BCUT2D eigenvalue weighted by Gasteiger charge is -2.26. The summed E-state index contributed by atoms with van der Waals surface area (Å²) in [4.78, 5) is 27.6. The van der Waals surface area contributed by atoms with Crippen LogP contribution in [-0.2, 0) is 17.7 Å². The molecule has 1 aliphatic rings. The van der Waals surface area contributed by atoms with Crippen LogP contribution >= 0.6 is 0 Å². The van der Waals surface area contributed by atoms with Crippen LogP contribution in [0, 0.1) is 0 Å². The number of anilines is 1. The van der Waals surface area contributed by atoms with Crippen molar-refractivity contribution >= 4 is 22.6 Å². The highest BCUT2D eigenvalue weighted by molar-refractivity contribution is 6.06. The number of fused-ring (bicyclic) bond motifs is 1. The SMILES string of the molecule is C[C@@H](Nc1ncnc2c(C(N)=O)cccc12)c1cccc(Cc2ccc(CN3CCOCC3)cn2)c1. The van der Waals surface area contributed by atoms with Crippen molar-refractivity contribution in [2.45, 2.75) is 25.9 Å². The van der Waals surface area contributed by atoms with E-state index in [4.69, 9.17) is 15.5 Å². The maximum Gasteiger partial charge on any atom is 0.250 e. The largest absolute Gasteiger partial charge is 0.379 e. The van der Waals surface area contributed by atoms with Crippen LogP contribution in [0.15, 0.2) is 67.1 Å². The molecule has 0 bridgehead atoms. The molecule has 36 heavy (non-hydrogen) atoms. The van der Waals surface area contributed by atoms with Crippen molar-refractivity contribution in [3.05, 3.63) is 95.1 Å². The average Bonchev–Trinajstić information content (AvgIpc) is 2.90. The molecule has 3 heterocycles. The van der Waals surface area contributed by atoms with E-state index in [2.05, 4.69) is 63.5 Å². The number of benzene rings is 2. The van der Waals surface area contributed by atoms with Gasteiger partial charge in [-0.25, -0.2) is 9.97 Å². The molecule has 1 saturated heterocycles. The van der Waals surface area contributed by atoms with Crippen molar-refractivity contribution in [1.82, 2.24) is 19.9 Å². The first-order chi connectivity index (χ1) is 17.6. The molecule has 1 aliphatic heterocycles. The topological polar surface area (TPSA) is 106 Å². The van der Waals surface area contributed by atoms with Crippen LogP contribution in [0.25, 0.3) is 10.9 Å². The predicted molar refractivity (Wildman–Crippen MR) is 140 cm³/mol. The third-order valence-electron chi connectivity index (χ3n) is 6.52. The molecule has 0 spiro atoms. The number of aromatic nitrogens is 3. The second-order valence-corrected chi connectivity index (χ2v) is 9.12. The van der Waals surface area contributed by atoms with E-state index >= 15 is 0 Å². The van der Waals surface area contributed by atoms with E-state index in [9.17, 15) is 4.79 Å². The number of nitrogens with two attached hydrogens (primary N) is 1. The second kappa shape index (κ2) is 10.8. The molecule has 4 aromatic rings.